The molecule has 4 nitrogen and oxygen atoms in total. The Bertz CT molecular complexity index is 1330. The first kappa shape index (κ1) is 20.0. The van der Waals surface area contributed by atoms with Gasteiger partial charge in [-0.1, -0.05) is 40.6 Å². The SMILES string of the molecule is Brc1ccc2[nH]cc(-c3nc4ccc(/C=C/CN5CCCCC5)cc4c4c3CCO4)c2c1. The lowest BCUT2D eigenvalue weighted by Crippen LogP contribution is -2.29. The van der Waals surface area contributed by atoms with Crippen LogP contribution in [0.25, 0.3) is 39.1 Å². The van der Waals surface area contributed by atoms with Crippen molar-refractivity contribution in [3.8, 4) is 17.0 Å². The molecule has 0 saturated carbocycles. The lowest BCUT2D eigenvalue weighted by molar-refractivity contribution is 0.252. The third-order valence-corrected chi connectivity index (χ3v) is 7.17. The summed E-state index contributed by atoms with van der Waals surface area (Å²) in [6.07, 6.45) is 11.5. The van der Waals surface area contributed by atoms with Crippen molar-refractivity contribution in [2.45, 2.75) is 25.7 Å². The lowest BCUT2D eigenvalue weighted by atomic mass is 9.99. The molecule has 1 fully saturated rings. The Kier molecular flexibility index (Phi) is 5.24. The van der Waals surface area contributed by atoms with Crippen LogP contribution in [0, 0.1) is 0 Å². The van der Waals surface area contributed by atoms with Crippen molar-refractivity contribution in [1.82, 2.24) is 14.9 Å². The lowest BCUT2D eigenvalue weighted by Gasteiger charge is -2.24. The number of hydrogen-bond acceptors (Lipinski definition) is 3. The Morgan fingerprint density at radius 2 is 1.97 bits per heavy atom. The maximum Gasteiger partial charge on any atom is 0.134 e. The topological polar surface area (TPSA) is 41.2 Å². The Morgan fingerprint density at radius 3 is 2.88 bits per heavy atom. The van der Waals surface area contributed by atoms with Gasteiger partial charge in [0.2, 0.25) is 0 Å². The number of ether oxygens (including phenoxy) is 1. The van der Waals surface area contributed by atoms with Crippen LogP contribution in [-0.4, -0.2) is 41.1 Å². The number of pyridine rings is 1. The fourth-order valence-corrected chi connectivity index (χ4v) is 5.40. The Labute approximate surface area is 196 Å². The van der Waals surface area contributed by atoms with Crippen molar-refractivity contribution in [3.05, 3.63) is 64.3 Å². The van der Waals surface area contributed by atoms with E-state index >= 15 is 0 Å². The summed E-state index contributed by atoms with van der Waals surface area (Å²) in [7, 11) is 0. The summed E-state index contributed by atoms with van der Waals surface area (Å²) >= 11 is 3.61. The minimum Gasteiger partial charge on any atom is -0.492 e. The zero-order valence-corrected chi connectivity index (χ0v) is 19.6. The van der Waals surface area contributed by atoms with Crippen molar-refractivity contribution < 1.29 is 4.74 Å². The molecule has 0 radical (unpaired) electrons. The summed E-state index contributed by atoms with van der Waals surface area (Å²) in [4.78, 5) is 11.1. The molecule has 1 saturated heterocycles. The van der Waals surface area contributed by atoms with Gasteiger partial charge in [0.25, 0.3) is 0 Å². The molecule has 4 aromatic rings. The second-order valence-corrected chi connectivity index (χ2v) is 9.71. The second kappa shape index (κ2) is 8.38. The maximum atomic E-state index is 6.15. The number of piperidine rings is 1. The summed E-state index contributed by atoms with van der Waals surface area (Å²) in [6.45, 7) is 4.19. The molecule has 2 aliphatic heterocycles. The highest BCUT2D eigenvalue weighted by Gasteiger charge is 2.24. The van der Waals surface area contributed by atoms with Gasteiger partial charge in [-0.25, -0.2) is 4.98 Å². The highest BCUT2D eigenvalue weighted by molar-refractivity contribution is 9.10. The van der Waals surface area contributed by atoms with Gasteiger partial charge in [-0.15, -0.1) is 0 Å². The molecule has 0 amide bonds. The molecule has 2 aromatic carbocycles. The summed E-state index contributed by atoms with van der Waals surface area (Å²) in [5, 5.41) is 2.29. The van der Waals surface area contributed by atoms with Gasteiger partial charge in [-0.2, -0.15) is 0 Å². The number of nitrogens with one attached hydrogen (secondary N) is 1. The van der Waals surface area contributed by atoms with Crippen LogP contribution in [0.1, 0.15) is 30.4 Å². The molecule has 0 aliphatic carbocycles. The monoisotopic (exact) mass is 487 g/mol. The first-order valence-corrected chi connectivity index (χ1v) is 12.3. The number of likely N-dealkylation sites (tertiary alicyclic amines) is 1. The molecule has 0 atom stereocenters. The van der Waals surface area contributed by atoms with E-state index in [1.165, 1.54) is 48.9 Å². The fraction of sp³-hybridized carbons (Fsp3) is 0.296. The Balaban J connectivity index is 1.38. The number of aromatic nitrogens is 2. The average Bonchev–Trinajstić information content (AvgIpc) is 3.47. The van der Waals surface area contributed by atoms with Crippen molar-refractivity contribution >= 4 is 43.8 Å². The van der Waals surface area contributed by atoms with Crippen LogP contribution in [0.4, 0.5) is 0 Å². The predicted octanol–water partition coefficient (Wildman–Crippen LogP) is 6.58. The molecule has 162 valence electrons. The van der Waals surface area contributed by atoms with Crippen molar-refractivity contribution in [2.75, 3.05) is 26.2 Å². The molecule has 0 spiro atoms. The normalized spacial score (nSPS) is 16.8. The van der Waals surface area contributed by atoms with E-state index in [1.54, 1.807) is 0 Å². The highest BCUT2D eigenvalue weighted by Crippen LogP contribution is 2.41. The quantitative estimate of drug-likeness (QED) is 0.353. The number of fused-ring (bicyclic) bond motifs is 4. The third kappa shape index (κ3) is 3.63. The number of aromatic amines is 1. The maximum absolute atomic E-state index is 6.15. The number of benzene rings is 2. The van der Waals surface area contributed by atoms with Gasteiger partial charge < -0.3 is 9.72 Å². The first-order chi connectivity index (χ1) is 15.8. The molecule has 2 aromatic heterocycles. The van der Waals surface area contributed by atoms with Crippen LogP contribution >= 0.6 is 15.9 Å². The molecule has 4 heterocycles. The number of hydrogen-bond donors (Lipinski definition) is 1. The number of halogens is 1. The van der Waals surface area contributed by atoms with E-state index in [-0.39, 0.29) is 0 Å². The van der Waals surface area contributed by atoms with E-state index in [0.29, 0.717) is 6.61 Å². The average molecular weight is 488 g/mol. The molecule has 0 bridgehead atoms. The van der Waals surface area contributed by atoms with Gasteiger partial charge in [-0.3, -0.25) is 4.90 Å². The van der Waals surface area contributed by atoms with E-state index < -0.39 is 0 Å². The standard InChI is InChI=1S/C27H26BrN3O/c28-19-7-9-24-21(16-19)23(17-29-24)26-20-10-14-32-27(20)22-15-18(6-8-25(22)30-26)5-4-13-31-11-2-1-3-12-31/h4-9,15-17,29H,1-3,10-14H2/b5-4+. The van der Waals surface area contributed by atoms with Gasteiger partial charge in [0.05, 0.1) is 17.8 Å². The Morgan fingerprint density at radius 1 is 1.06 bits per heavy atom. The van der Waals surface area contributed by atoms with E-state index in [4.69, 9.17) is 9.72 Å². The van der Waals surface area contributed by atoms with Crippen LogP contribution in [0.2, 0.25) is 0 Å². The summed E-state index contributed by atoms with van der Waals surface area (Å²) in [5.41, 5.74) is 6.69. The minimum absolute atomic E-state index is 0.713. The molecule has 32 heavy (non-hydrogen) atoms. The highest BCUT2D eigenvalue weighted by atomic mass is 79.9. The van der Waals surface area contributed by atoms with E-state index in [1.807, 2.05) is 0 Å². The Hall–Kier alpha value is -2.63. The fourth-order valence-electron chi connectivity index (χ4n) is 5.04. The molecule has 6 rings (SSSR count). The predicted molar refractivity (Wildman–Crippen MR) is 135 cm³/mol. The molecule has 1 N–H and O–H groups in total. The van der Waals surface area contributed by atoms with Gasteiger partial charge in [0.1, 0.15) is 5.75 Å². The van der Waals surface area contributed by atoms with Gasteiger partial charge in [0, 0.05) is 51.1 Å². The van der Waals surface area contributed by atoms with Crippen LogP contribution < -0.4 is 4.74 Å². The van der Waals surface area contributed by atoms with Gasteiger partial charge in [0.15, 0.2) is 0 Å². The van der Waals surface area contributed by atoms with Crippen molar-refractivity contribution in [2.24, 2.45) is 0 Å². The molecule has 0 unspecified atom stereocenters. The third-order valence-electron chi connectivity index (χ3n) is 6.68. The first-order valence-electron chi connectivity index (χ1n) is 11.5. The molecule has 5 heteroatoms. The molecule has 2 aliphatic rings. The van der Waals surface area contributed by atoms with Crippen molar-refractivity contribution in [1.29, 1.82) is 0 Å². The largest absolute Gasteiger partial charge is 0.492 e. The van der Waals surface area contributed by atoms with Crippen LogP contribution in [-0.2, 0) is 6.42 Å². The van der Waals surface area contributed by atoms with E-state index in [2.05, 4.69) is 80.6 Å². The zero-order chi connectivity index (χ0) is 21.5. The van der Waals surface area contributed by atoms with Gasteiger partial charge in [-0.05, 0) is 61.8 Å². The van der Waals surface area contributed by atoms with Gasteiger partial charge >= 0.3 is 0 Å². The zero-order valence-electron chi connectivity index (χ0n) is 18.0. The number of nitrogens with zero attached hydrogens (tertiary/aromatic N) is 2. The van der Waals surface area contributed by atoms with Crippen LogP contribution in [0.5, 0.6) is 5.75 Å². The van der Waals surface area contributed by atoms with E-state index in [0.717, 1.165) is 50.9 Å². The molecular formula is C27H26BrN3O. The molecular weight excluding hydrogens is 462 g/mol. The van der Waals surface area contributed by atoms with Crippen molar-refractivity contribution in [3.63, 3.8) is 0 Å². The van der Waals surface area contributed by atoms with E-state index in [9.17, 15) is 0 Å². The summed E-state index contributed by atoms with van der Waals surface area (Å²) < 4.78 is 7.22. The summed E-state index contributed by atoms with van der Waals surface area (Å²) in [5.74, 6) is 1.00. The second-order valence-electron chi connectivity index (χ2n) is 8.80. The minimum atomic E-state index is 0.713. The number of H-pyrrole nitrogens is 1. The summed E-state index contributed by atoms with van der Waals surface area (Å²) in [6, 6.07) is 12.8. The number of rotatable bonds is 4. The van der Waals surface area contributed by atoms with Crippen LogP contribution in [0.15, 0.2) is 53.1 Å². The van der Waals surface area contributed by atoms with Crippen LogP contribution in [0.3, 0.4) is 0 Å². The smallest absolute Gasteiger partial charge is 0.134 e.